The number of hydrogen-bond acceptors (Lipinski definition) is 6. The molecule has 12 heteroatoms. The Morgan fingerprint density at radius 1 is 0.854 bits per heavy atom. The highest BCUT2D eigenvalue weighted by Crippen LogP contribution is 2.36. The molecule has 9 nitrogen and oxygen atoms in total. The van der Waals surface area contributed by atoms with Gasteiger partial charge in [0.05, 0.1) is 24.2 Å². The van der Waals surface area contributed by atoms with Gasteiger partial charge in [0, 0.05) is 51.3 Å². The van der Waals surface area contributed by atoms with Gasteiger partial charge in [-0.1, -0.05) is 60.7 Å². The van der Waals surface area contributed by atoms with Crippen LogP contribution in [-0.2, 0) is 16.1 Å². The molecule has 0 spiro atoms. The molecule has 4 aliphatic rings. The van der Waals surface area contributed by atoms with Crippen LogP contribution in [0.1, 0.15) is 62.7 Å². The number of nitrogens with one attached hydrogen (secondary N) is 1. The van der Waals surface area contributed by atoms with Gasteiger partial charge in [-0.05, 0) is 41.7 Å². The van der Waals surface area contributed by atoms with Crippen molar-refractivity contribution in [1.82, 2.24) is 24.9 Å². The zero-order valence-corrected chi connectivity index (χ0v) is 26.3. The maximum Gasteiger partial charge on any atom is 0.280 e. The Morgan fingerprint density at radius 2 is 1.50 bits per heavy atom. The summed E-state index contributed by atoms with van der Waals surface area (Å²) in [6.07, 6.45) is 0.219. The molecule has 48 heavy (non-hydrogen) atoms. The van der Waals surface area contributed by atoms with E-state index in [4.69, 9.17) is 0 Å². The minimum Gasteiger partial charge on any atom is -0.332 e. The molecule has 4 aliphatic heterocycles. The fourth-order valence-corrected chi connectivity index (χ4v) is 7.71. The molecule has 0 aromatic heterocycles. The maximum atomic E-state index is 15.8. The summed E-state index contributed by atoms with van der Waals surface area (Å²) in [6.45, 7) is 1.27. The van der Waals surface area contributed by atoms with Gasteiger partial charge in [-0.3, -0.25) is 34.3 Å². The van der Waals surface area contributed by atoms with Crippen LogP contribution in [0, 0.1) is 5.82 Å². The van der Waals surface area contributed by atoms with E-state index in [0.29, 0.717) is 26.2 Å². The van der Waals surface area contributed by atoms with Crippen molar-refractivity contribution in [2.24, 2.45) is 0 Å². The minimum atomic E-state index is -3.19. The fourth-order valence-electron chi connectivity index (χ4n) is 7.71. The molecular weight excluding hydrogens is 623 g/mol. The van der Waals surface area contributed by atoms with Crippen LogP contribution < -0.4 is 5.32 Å². The van der Waals surface area contributed by atoms with E-state index in [-0.39, 0.29) is 55.1 Å². The molecule has 0 saturated carbocycles. The van der Waals surface area contributed by atoms with Crippen molar-refractivity contribution in [3.05, 3.63) is 106 Å². The first-order valence-corrected chi connectivity index (χ1v) is 16.3. The van der Waals surface area contributed by atoms with Crippen molar-refractivity contribution in [3.63, 3.8) is 0 Å². The Hall–Kier alpha value is -4.55. The molecular formula is C36H36F3N5O4. The van der Waals surface area contributed by atoms with E-state index < -0.39 is 54.0 Å². The maximum absolute atomic E-state index is 15.8. The second-order valence-corrected chi connectivity index (χ2v) is 13.0. The van der Waals surface area contributed by atoms with Crippen molar-refractivity contribution < 1.29 is 32.3 Å². The largest absolute Gasteiger partial charge is 0.332 e. The molecule has 3 saturated heterocycles. The lowest BCUT2D eigenvalue weighted by Gasteiger charge is -2.47. The van der Waals surface area contributed by atoms with Crippen molar-refractivity contribution >= 4 is 23.6 Å². The lowest BCUT2D eigenvalue weighted by Crippen LogP contribution is -2.62. The summed E-state index contributed by atoms with van der Waals surface area (Å²) >= 11 is 0. The van der Waals surface area contributed by atoms with Crippen LogP contribution in [0.25, 0.3) is 0 Å². The Morgan fingerprint density at radius 3 is 2.10 bits per heavy atom. The van der Waals surface area contributed by atoms with Gasteiger partial charge >= 0.3 is 0 Å². The number of fused-ring (bicyclic) bond motifs is 1. The van der Waals surface area contributed by atoms with Crippen LogP contribution in [0.15, 0.2) is 72.8 Å². The van der Waals surface area contributed by atoms with Gasteiger partial charge in [-0.2, -0.15) is 0 Å². The van der Waals surface area contributed by atoms with Crippen molar-refractivity contribution in [1.29, 1.82) is 0 Å². The van der Waals surface area contributed by atoms with Crippen LogP contribution in [0.5, 0.6) is 0 Å². The number of halogens is 3. The van der Waals surface area contributed by atoms with Crippen molar-refractivity contribution in [3.8, 4) is 0 Å². The molecule has 4 heterocycles. The Kier molecular flexibility index (Phi) is 8.55. The number of piperazine rings is 1. The average Bonchev–Trinajstić information content (AvgIpc) is 3.41. The molecule has 4 amide bonds. The molecule has 0 bridgehead atoms. The zero-order valence-electron chi connectivity index (χ0n) is 26.3. The molecule has 2 atom stereocenters. The lowest BCUT2D eigenvalue weighted by atomic mass is 9.94. The predicted molar refractivity (Wildman–Crippen MR) is 170 cm³/mol. The first-order chi connectivity index (χ1) is 23.1. The van der Waals surface area contributed by atoms with E-state index >= 15 is 13.2 Å². The van der Waals surface area contributed by atoms with Gasteiger partial charge in [0.15, 0.2) is 0 Å². The quantitative estimate of drug-likeness (QED) is 0.405. The standard InChI is InChI=1S/C36H36F3N5O4/c37-27-20-25(19-26-21-44(35(48)31(26)27)28-11-12-30(45)40-33(28)46)34(47)43-14-13-29(36(38,39)22-43)41-15-17-42(18-16-41)32(23-7-3-1-4-8-23)24-9-5-2-6-10-24/h1-10,19-20,28-29,32H,11-18,21-22H2,(H,40,45,46). The Balaban J connectivity index is 1.01. The van der Waals surface area contributed by atoms with Crippen LogP contribution in [0.4, 0.5) is 13.2 Å². The fraction of sp³-hybridized carbons (Fsp3) is 0.389. The third kappa shape index (κ3) is 5.99. The van der Waals surface area contributed by atoms with Gasteiger partial charge in [0.2, 0.25) is 11.8 Å². The smallest absolute Gasteiger partial charge is 0.280 e. The third-order valence-corrected chi connectivity index (χ3v) is 10.1. The summed E-state index contributed by atoms with van der Waals surface area (Å²) in [5.74, 6) is -6.66. The number of likely N-dealkylation sites (tertiary alicyclic amines) is 1. The van der Waals surface area contributed by atoms with Gasteiger partial charge in [0.25, 0.3) is 17.7 Å². The number of benzene rings is 3. The normalized spacial score (nSPS) is 23.4. The van der Waals surface area contributed by atoms with Crippen molar-refractivity contribution in [2.75, 3.05) is 39.3 Å². The second-order valence-electron chi connectivity index (χ2n) is 13.0. The molecule has 3 fully saturated rings. The molecule has 2 unspecified atom stereocenters. The highest BCUT2D eigenvalue weighted by atomic mass is 19.3. The first-order valence-electron chi connectivity index (χ1n) is 16.3. The van der Waals surface area contributed by atoms with E-state index in [1.165, 1.54) is 11.0 Å². The lowest BCUT2D eigenvalue weighted by molar-refractivity contribution is -0.136. The van der Waals surface area contributed by atoms with Crippen LogP contribution in [0.3, 0.4) is 0 Å². The summed E-state index contributed by atoms with van der Waals surface area (Å²) in [7, 11) is 0. The molecule has 0 radical (unpaired) electrons. The molecule has 0 aliphatic carbocycles. The zero-order chi connectivity index (χ0) is 33.6. The van der Waals surface area contributed by atoms with Gasteiger partial charge in [-0.15, -0.1) is 0 Å². The van der Waals surface area contributed by atoms with Crippen LogP contribution in [-0.4, -0.2) is 101 Å². The Bertz CT molecular complexity index is 1690. The number of nitrogens with zero attached hydrogens (tertiary/aromatic N) is 4. The summed E-state index contributed by atoms with van der Waals surface area (Å²) in [5, 5.41) is 2.19. The molecule has 3 aromatic rings. The topological polar surface area (TPSA) is 93.3 Å². The summed E-state index contributed by atoms with van der Waals surface area (Å²) in [6, 6.07) is 20.6. The molecule has 3 aromatic carbocycles. The van der Waals surface area contributed by atoms with E-state index in [2.05, 4.69) is 34.5 Å². The minimum absolute atomic E-state index is 0.00800. The second kappa shape index (κ2) is 12.8. The van der Waals surface area contributed by atoms with E-state index in [9.17, 15) is 19.2 Å². The highest BCUT2D eigenvalue weighted by molar-refractivity contribution is 6.06. The summed E-state index contributed by atoms with van der Waals surface area (Å²) in [4.78, 5) is 56.8. The average molecular weight is 660 g/mol. The van der Waals surface area contributed by atoms with E-state index in [1.54, 1.807) is 0 Å². The summed E-state index contributed by atoms with van der Waals surface area (Å²) in [5.41, 5.74) is 2.12. The highest BCUT2D eigenvalue weighted by Gasteiger charge is 2.49. The third-order valence-electron chi connectivity index (χ3n) is 10.1. The van der Waals surface area contributed by atoms with Crippen LogP contribution in [0.2, 0.25) is 0 Å². The first kappa shape index (κ1) is 32.0. The molecule has 1 N–H and O–H groups in total. The van der Waals surface area contributed by atoms with Gasteiger partial charge in [-0.25, -0.2) is 13.2 Å². The number of amides is 4. The van der Waals surface area contributed by atoms with Gasteiger partial charge in [0.1, 0.15) is 11.9 Å². The van der Waals surface area contributed by atoms with Crippen molar-refractivity contribution in [2.45, 2.75) is 49.9 Å². The van der Waals surface area contributed by atoms with Gasteiger partial charge < -0.3 is 9.80 Å². The number of imide groups is 1. The number of hydrogen-bond donors (Lipinski definition) is 1. The monoisotopic (exact) mass is 659 g/mol. The number of rotatable bonds is 6. The van der Waals surface area contributed by atoms with E-state index in [0.717, 1.165) is 22.1 Å². The number of alkyl halides is 2. The predicted octanol–water partition coefficient (Wildman–Crippen LogP) is 3.84. The number of carbonyl (C=O) groups excluding carboxylic acids is 4. The Labute approximate surface area is 276 Å². The summed E-state index contributed by atoms with van der Waals surface area (Å²) < 4.78 is 46.9. The number of piperidine rings is 2. The SMILES string of the molecule is O=C1CCC(N2Cc3cc(C(=O)N4CCC(N5CCN(C(c6ccccc6)c6ccccc6)CC5)C(F)(F)C4)cc(F)c3C2=O)C(=O)N1. The van der Waals surface area contributed by atoms with E-state index in [1.807, 2.05) is 41.3 Å². The number of carbonyl (C=O) groups is 4. The van der Waals surface area contributed by atoms with Crippen LogP contribution >= 0.6 is 0 Å². The molecule has 7 rings (SSSR count). The molecule has 250 valence electrons.